The molecule has 4 nitrogen and oxygen atoms in total. The van der Waals surface area contributed by atoms with E-state index in [1.54, 1.807) is 0 Å². The first-order valence-corrected chi connectivity index (χ1v) is 7.51. The molecule has 1 N–H and O–H groups in total. The predicted molar refractivity (Wildman–Crippen MR) is 85.7 cm³/mol. The Balaban J connectivity index is 2.34. The van der Waals surface area contributed by atoms with E-state index in [0.717, 1.165) is 23.6 Å². The third-order valence-electron chi connectivity index (χ3n) is 3.48. The molecule has 0 saturated heterocycles. The zero-order valence-electron chi connectivity index (χ0n) is 13.6. The number of nitrogens with zero attached hydrogens (tertiary/aromatic N) is 2. The molecule has 114 valence electrons. The molecule has 4 heteroatoms. The molecule has 21 heavy (non-hydrogen) atoms. The van der Waals surface area contributed by atoms with Gasteiger partial charge in [0.1, 0.15) is 5.75 Å². The molecule has 1 heterocycles. The van der Waals surface area contributed by atoms with Gasteiger partial charge in [-0.25, -0.2) is 0 Å². The van der Waals surface area contributed by atoms with Crippen LogP contribution in [0.2, 0.25) is 0 Å². The summed E-state index contributed by atoms with van der Waals surface area (Å²) in [5, 5.41) is 7.92. The number of aryl methyl sites for hydroxylation is 2. The molecule has 0 aliphatic carbocycles. The van der Waals surface area contributed by atoms with Crippen molar-refractivity contribution < 1.29 is 4.74 Å². The van der Waals surface area contributed by atoms with E-state index in [1.807, 2.05) is 44.8 Å². The standard InChI is InChI=1S/C17H25N3O/c1-6-14-11-16(20(5)19-14)17(18-4)13-8-7-9-15(10-13)21-12(2)3/h7-12,17-18H,6H2,1-5H3. The smallest absolute Gasteiger partial charge is 0.120 e. The fourth-order valence-electron chi connectivity index (χ4n) is 2.51. The monoisotopic (exact) mass is 287 g/mol. The molecule has 0 aliphatic heterocycles. The van der Waals surface area contributed by atoms with Crippen molar-refractivity contribution in [3.63, 3.8) is 0 Å². The van der Waals surface area contributed by atoms with Crippen LogP contribution in [0.3, 0.4) is 0 Å². The van der Waals surface area contributed by atoms with Crippen molar-refractivity contribution in [2.75, 3.05) is 7.05 Å². The van der Waals surface area contributed by atoms with Crippen molar-refractivity contribution in [1.82, 2.24) is 15.1 Å². The van der Waals surface area contributed by atoms with Crippen LogP contribution in [0.1, 0.15) is 43.8 Å². The number of hydrogen-bond donors (Lipinski definition) is 1. The summed E-state index contributed by atoms with van der Waals surface area (Å²) in [5.41, 5.74) is 3.46. The predicted octanol–water partition coefficient (Wildman–Crippen LogP) is 3.08. The highest BCUT2D eigenvalue weighted by Gasteiger charge is 2.17. The maximum atomic E-state index is 5.79. The van der Waals surface area contributed by atoms with Crippen LogP contribution >= 0.6 is 0 Å². The molecular weight excluding hydrogens is 262 g/mol. The fourth-order valence-corrected chi connectivity index (χ4v) is 2.51. The van der Waals surface area contributed by atoms with Crippen molar-refractivity contribution in [3.05, 3.63) is 47.3 Å². The van der Waals surface area contributed by atoms with E-state index in [2.05, 4.69) is 35.5 Å². The van der Waals surface area contributed by atoms with Crippen LogP contribution in [0, 0.1) is 0 Å². The molecule has 2 rings (SSSR count). The van der Waals surface area contributed by atoms with E-state index in [1.165, 1.54) is 5.56 Å². The van der Waals surface area contributed by atoms with Gasteiger partial charge in [0.15, 0.2) is 0 Å². The van der Waals surface area contributed by atoms with Gasteiger partial charge in [0.2, 0.25) is 0 Å². The summed E-state index contributed by atoms with van der Waals surface area (Å²) >= 11 is 0. The number of nitrogens with one attached hydrogen (secondary N) is 1. The van der Waals surface area contributed by atoms with E-state index < -0.39 is 0 Å². The molecule has 0 saturated carbocycles. The van der Waals surface area contributed by atoms with Crippen LogP contribution in [0.25, 0.3) is 0 Å². The Morgan fingerprint density at radius 2 is 2.05 bits per heavy atom. The Morgan fingerprint density at radius 1 is 1.29 bits per heavy atom. The average Bonchev–Trinajstić information content (AvgIpc) is 2.81. The van der Waals surface area contributed by atoms with Gasteiger partial charge in [0, 0.05) is 7.05 Å². The summed E-state index contributed by atoms with van der Waals surface area (Å²) in [6.45, 7) is 6.20. The maximum absolute atomic E-state index is 5.79. The molecule has 0 fully saturated rings. The zero-order chi connectivity index (χ0) is 15.4. The first kappa shape index (κ1) is 15.6. The summed E-state index contributed by atoms with van der Waals surface area (Å²) < 4.78 is 7.75. The highest BCUT2D eigenvalue weighted by Crippen LogP contribution is 2.26. The second kappa shape index (κ2) is 6.76. The van der Waals surface area contributed by atoms with Crippen LogP contribution in [-0.2, 0) is 13.5 Å². The van der Waals surface area contributed by atoms with Gasteiger partial charge in [0.25, 0.3) is 0 Å². The third-order valence-corrected chi connectivity index (χ3v) is 3.48. The highest BCUT2D eigenvalue weighted by molar-refractivity contribution is 5.35. The maximum Gasteiger partial charge on any atom is 0.120 e. The summed E-state index contributed by atoms with van der Waals surface area (Å²) in [7, 11) is 3.96. The zero-order valence-corrected chi connectivity index (χ0v) is 13.6. The van der Waals surface area contributed by atoms with E-state index >= 15 is 0 Å². The Kier molecular flexibility index (Phi) is 5.02. The minimum Gasteiger partial charge on any atom is -0.491 e. The average molecular weight is 287 g/mol. The fraction of sp³-hybridized carbons (Fsp3) is 0.471. The van der Waals surface area contributed by atoms with Crippen LogP contribution in [0.4, 0.5) is 0 Å². The van der Waals surface area contributed by atoms with Crippen molar-refractivity contribution in [2.45, 2.75) is 39.3 Å². The normalized spacial score (nSPS) is 12.7. The van der Waals surface area contributed by atoms with Crippen molar-refractivity contribution in [1.29, 1.82) is 0 Å². The van der Waals surface area contributed by atoms with Gasteiger partial charge in [-0.3, -0.25) is 4.68 Å². The van der Waals surface area contributed by atoms with Gasteiger partial charge < -0.3 is 10.1 Å². The first-order chi connectivity index (χ1) is 10.0. The molecule has 0 spiro atoms. The van der Waals surface area contributed by atoms with Gasteiger partial charge in [-0.05, 0) is 51.1 Å². The highest BCUT2D eigenvalue weighted by atomic mass is 16.5. The van der Waals surface area contributed by atoms with Gasteiger partial charge in [-0.15, -0.1) is 0 Å². The van der Waals surface area contributed by atoms with Crippen LogP contribution < -0.4 is 10.1 Å². The topological polar surface area (TPSA) is 39.1 Å². The van der Waals surface area contributed by atoms with E-state index in [4.69, 9.17) is 4.74 Å². The minimum atomic E-state index is 0.110. The lowest BCUT2D eigenvalue weighted by Crippen LogP contribution is -2.20. The number of rotatable bonds is 6. The Bertz CT molecular complexity index is 589. The molecule has 0 radical (unpaired) electrons. The van der Waals surface area contributed by atoms with Gasteiger partial charge in [0.05, 0.1) is 23.5 Å². The molecule has 2 aromatic rings. The van der Waals surface area contributed by atoms with Crippen LogP contribution in [-0.4, -0.2) is 22.9 Å². The Labute approximate surface area is 127 Å². The van der Waals surface area contributed by atoms with E-state index in [0.29, 0.717) is 0 Å². The van der Waals surface area contributed by atoms with Crippen LogP contribution in [0.15, 0.2) is 30.3 Å². The van der Waals surface area contributed by atoms with Gasteiger partial charge in [-0.1, -0.05) is 19.1 Å². The van der Waals surface area contributed by atoms with Gasteiger partial charge >= 0.3 is 0 Å². The molecule has 1 atom stereocenters. The number of ether oxygens (including phenoxy) is 1. The quantitative estimate of drug-likeness (QED) is 0.887. The Morgan fingerprint density at radius 3 is 2.62 bits per heavy atom. The summed E-state index contributed by atoms with van der Waals surface area (Å²) in [6, 6.07) is 10.5. The largest absolute Gasteiger partial charge is 0.491 e. The molecule has 1 aromatic heterocycles. The second-order valence-electron chi connectivity index (χ2n) is 5.50. The van der Waals surface area contributed by atoms with E-state index in [9.17, 15) is 0 Å². The lowest BCUT2D eigenvalue weighted by molar-refractivity contribution is 0.242. The lowest BCUT2D eigenvalue weighted by atomic mass is 10.0. The van der Waals surface area contributed by atoms with Crippen molar-refractivity contribution >= 4 is 0 Å². The molecule has 0 bridgehead atoms. The van der Waals surface area contributed by atoms with Crippen molar-refractivity contribution in [2.24, 2.45) is 7.05 Å². The molecular formula is C17H25N3O. The minimum absolute atomic E-state index is 0.110. The second-order valence-corrected chi connectivity index (χ2v) is 5.50. The SMILES string of the molecule is CCc1cc(C(NC)c2cccc(OC(C)C)c2)n(C)n1. The number of hydrogen-bond acceptors (Lipinski definition) is 3. The third kappa shape index (κ3) is 3.64. The first-order valence-electron chi connectivity index (χ1n) is 7.51. The molecule has 0 amide bonds. The molecule has 1 unspecified atom stereocenters. The lowest BCUT2D eigenvalue weighted by Gasteiger charge is -2.18. The number of aromatic nitrogens is 2. The Hall–Kier alpha value is -1.81. The summed E-state index contributed by atoms with van der Waals surface area (Å²) in [6.07, 6.45) is 1.12. The number of benzene rings is 1. The van der Waals surface area contributed by atoms with Crippen LogP contribution in [0.5, 0.6) is 5.75 Å². The van der Waals surface area contributed by atoms with E-state index in [-0.39, 0.29) is 12.1 Å². The summed E-state index contributed by atoms with van der Waals surface area (Å²) in [5.74, 6) is 0.903. The van der Waals surface area contributed by atoms with Gasteiger partial charge in [-0.2, -0.15) is 5.10 Å². The van der Waals surface area contributed by atoms with Crippen molar-refractivity contribution in [3.8, 4) is 5.75 Å². The summed E-state index contributed by atoms with van der Waals surface area (Å²) in [4.78, 5) is 0. The molecule has 0 aliphatic rings. The molecule has 1 aromatic carbocycles.